The van der Waals surface area contributed by atoms with Crippen molar-refractivity contribution in [2.45, 2.75) is 43.7 Å². The van der Waals surface area contributed by atoms with Crippen LogP contribution in [0.5, 0.6) is 0 Å². The summed E-state index contributed by atoms with van der Waals surface area (Å²) in [6.45, 7) is -1.07. The zero-order valence-electron chi connectivity index (χ0n) is 9.17. The predicted molar refractivity (Wildman–Crippen MR) is 55.8 cm³/mol. The van der Waals surface area contributed by atoms with Gasteiger partial charge in [0.1, 0.15) is 12.7 Å². The Labute approximate surface area is 98.8 Å². The number of halogens is 1. The van der Waals surface area contributed by atoms with E-state index >= 15 is 0 Å². The van der Waals surface area contributed by atoms with Gasteiger partial charge in [0.25, 0.3) is 5.50 Å². The molecule has 0 saturated heterocycles. The molecule has 0 aliphatic heterocycles. The van der Waals surface area contributed by atoms with Crippen LogP contribution >= 0.6 is 0 Å². The Bertz CT molecular complexity index is 348. The SMILES string of the molecule is O=C(OCC(F)S(=O)(=O)O)OC1CCCCC1. The van der Waals surface area contributed by atoms with E-state index in [9.17, 15) is 17.6 Å². The molecule has 0 heterocycles. The Balaban J connectivity index is 2.25. The third-order valence-electron chi connectivity index (χ3n) is 2.47. The molecule has 0 bridgehead atoms. The van der Waals surface area contributed by atoms with Crippen LogP contribution in [0.3, 0.4) is 0 Å². The van der Waals surface area contributed by atoms with E-state index in [4.69, 9.17) is 9.29 Å². The monoisotopic (exact) mass is 270 g/mol. The first-order valence-electron chi connectivity index (χ1n) is 5.33. The quantitative estimate of drug-likeness (QED) is 0.617. The molecule has 1 saturated carbocycles. The van der Waals surface area contributed by atoms with Gasteiger partial charge in [0.05, 0.1) is 0 Å². The standard InChI is InChI=1S/C9H15FO6S/c10-8(17(12,13)14)6-15-9(11)16-7-4-2-1-3-5-7/h7-8H,1-6H2,(H,12,13,14). The lowest BCUT2D eigenvalue weighted by Gasteiger charge is -2.21. The van der Waals surface area contributed by atoms with E-state index in [0.29, 0.717) is 0 Å². The van der Waals surface area contributed by atoms with E-state index in [-0.39, 0.29) is 6.10 Å². The van der Waals surface area contributed by atoms with Crippen molar-refractivity contribution in [3.8, 4) is 0 Å². The molecule has 0 aromatic carbocycles. The maximum absolute atomic E-state index is 12.7. The number of carbonyl (C=O) groups excluding carboxylic acids is 1. The highest BCUT2D eigenvalue weighted by Crippen LogP contribution is 2.20. The molecule has 1 atom stereocenters. The van der Waals surface area contributed by atoms with Crippen molar-refractivity contribution in [2.75, 3.05) is 6.61 Å². The van der Waals surface area contributed by atoms with Crippen LogP contribution in [0.2, 0.25) is 0 Å². The summed E-state index contributed by atoms with van der Waals surface area (Å²) in [6, 6.07) is 0. The van der Waals surface area contributed by atoms with Crippen LogP contribution in [-0.2, 0) is 19.6 Å². The maximum atomic E-state index is 12.7. The summed E-state index contributed by atoms with van der Waals surface area (Å²) in [5, 5.41) is 0. The zero-order chi connectivity index (χ0) is 12.9. The molecule has 1 fully saturated rings. The van der Waals surface area contributed by atoms with E-state index in [1.54, 1.807) is 0 Å². The van der Waals surface area contributed by atoms with Crippen molar-refractivity contribution < 1.29 is 31.6 Å². The first-order chi connectivity index (χ1) is 7.89. The van der Waals surface area contributed by atoms with Crippen LogP contribution in [0.4, 0.5) is 9.18 Å². The van der Waals surface area contributed by atoms with Crippen LogP contribution in [0.15, 0.2) is 0 Å². The molecule has 0 spiro atoms. The van der Waals surface area contributed by atoms with Gasteiger partial charge in [-0.1, -0.05) is 6.42 Å². The van der Waals surface area contributed by atoms with Gasteiger partial charge in [-0.25, -0.2) is 9.18 Å². The van der Waals surface area contributed by atoms with E-state index < -0.39 is 28.4 Å². The lowest BCUT2D eigenvalue weighted by atomic mass is 9.98. The van der Waals surface area contributed by atoms with Gasteiger partial charge in [0.15, 0.2) is 0 Å². The highest BCUT2D eigenvalue weighted by molar-refractivity contribution is 7.86. The van der Waals surface area contributed by atoms with Crippen molar-refractivity contribution in [2.24, 2.45) is 0 Å². The van der Waals surface area contributed by atoms with E-state index in [1.165, 1.54) is 0 Å². The van der Waals surface area contributed by atoms with E-state index in [1.807, 2.05) is 0 Å². The molecule has 1 unspecified atom stereocenters. The molecular weight excluding hydrogens is 255 g/mol. The largest absolute Gasteiger partial charge is 0.508 e. The summed E-state index contributed by atoms with van der Waals surface area (Å²) in [5.74, 6) is 0. The summed E-state index contributed by atoms with van der Waals surface area (Å²) >= 11 is 0. The van der Waals surface area contributed by atoms with Gasteiger partial charge in [-0.15, -0.1) is 0 Å². The fraction of sp³-hybridized carbons (Fsp3) is 0.889. The zero-order valence-corrected chi connectivity index (χ0v) is 9.99. The van der Waals surface area contributed by atoms with Crippen LogP contribution in [0.25, 0.3) is 0 Å². The van der Waals surface area contributed by atoms with Crippen molar-refractivity contribution in [1.29, 1.82) is 0 Å². The third kappa shape index (κ3) is 5.31. The second-order valence-corrected chi connectivity index (χ2v) is 5.41. The molecule has 100 valence electrons. The average Bonchev–Trinajstić information content (AvgIpc) is 2.26. The highest BCUT2D eigenvalue weighted by atomic mass is 32.2. The number of carbonyl (C=O) groups is 1. The Morgan fingerprint density at radius 2 is 1.94 bits per heavy atom. The topological polar surface area (TPSA) is 89.9 Å². The second kappa shape index (κ2) is 6.15. The Kier molecular flexibility index (Phi) is 5.13. The fourth-order valence-electron chi connectivity index (χ4n) is 1.57. The van der Waals surface area contributed by atoms with Gasteiger partial charge in [-0.2, -0.15) is 8.42 Å². The minimum Gasteiger partial charge on any atom is -0.431 e. The maximum Gasteiger partial charge on any atom is 0.508 e. The fourth-order valence-corrected chi connectivity index (χ4v) is 1.81. The third-order valence-corrected chi connectivity index (χ3v) is 3.25. The molecule has 0 radical (unpaired) electrons. The van der Waals surface area contributed by atoms with Crippen molar-refractivity contribution in [1.82, 2.24) is 0 Å². The lowest BCUT2D eigenvalue weighted by molar-refractivity contribution is 0.00618. The number of rotatable bonds is 4. The highest BCUT2D eigenvalue weighted by Gasteiger charge is 2.25. The molecule has 1 aliphatic rings. The molecule has 1 N–H and O–H groups in total. The summed E-state index contributed by atoms with van der Waals surface area (Å²) < 4.78 is 50.6. The number of hydrogen-bond acceptors (Lipinski definition) is 5. The van der Waals surface area contributed by atoms with Crippen LogP contribution in [0, 0.1) is 0 Å². The smallest absolute Gasteiger partial charge is 0.431 e. The molecule has 0 amide bonds. The molecule has 0 aromatic heterocycles. The van der Waals surface area contributed by atoms with Gasteiger partial charge < -0.3 is 9.47 Å². The van der Waals surface area contributed by atoms with Crippen molar-refractivity contribution in [3.63, 3.8) is 0 Å². The summed E-state index contributed by atoms with van der Waals surface area (Å²) in [5.41, 5.74) is -2.64. The molecule has 17 heavy (non-hydrogen) atoms. The summed E-state index contributed by atoms with van der Waals surface area (Å²) in [6.07, 6.45) is 3.09. The van der Waals surface area contributed by atoms with Gasteiger partial charge in [0, 0.05) is 0 Å². The van der Waals surface area contributed by atoms with Crippen LogP contribution < -0.4 is 0 Å². The van der Waals surface area contributed by atoms with Crippen LogP contribution in [-0.4, -0.2) is 37.3 Å². The number of hydrogen-bond donors (Lipinski definition) is 1. The molecule has 0 aromatic rings. The molecule has 1 aliphatic carbocycles. The first kappa shape index (κ1) is 14.2. The minimum absolute atomic E-state index is 0.250. The van der Waals surface area contributed by atoms with Crippen molar-refractivity contribution in [3.05, 3.63) is 0 Å². The second-order valence-electron chi connectivity index (χ2n) is 3.86. The molecule has 1 rings (SSSR count). The van der Waals surface area contributed by atoms with Gasteiger partial charge in [0.2, 0.25) is 0 Å². The van der Waals surface area contributed by atoms with E-state index in [2.05, 4.69) is 4.74 Å². The number of alkyl halides is 1. The molecular formula is C9H15FO6S. The minimum atomic E-state index is -4.83. The predicted octanol–water partition coefficient (Wildman–Crippen LogP) is 1.66. The van der Waals surface area contributed by atoms with Gasteiger partial charge >= 0.3 is 16.3 Å². The summed E-state index contributed by atoms with van der Waals surface area (Å²) in [4.78, 5) is 11.1. The van der Waals surface area contributed by atoms with E-state index in [0.717, 1.165) is 32.1 Å². The van der Waals surface area contributed by atoms with Crippen molar-refractivity contribution >= 4 is 16.3 Å². The Hall–Kier alpha value is -0.890. The van der Waals surface area contributed by atoms with Crippen LogP contribution in [0.1, 0.15) is 32.1 Å². The van der Waals surface area contributed by atoms with Gasteiger partial charge in [-0.05, 0) is 25.7 Å². The Morgan fingerprint density at radius 3 is 2.47 bits per heavy atom. The first-order valence-corrected chi connectivity index (χ1v) is 6.83. The molecule has 8 heteroatoms. The lowest BCUT2D eigenvalue weighted by Crippen LogP contribution is -2.26. The van der Waals surface area contributed by atoms with Gasteiger partial charge in [-0.3, -0.25) is 4.55 Å². The molecule has 6 nitrogen and oxygen atoms in total. The Morgan fingerprint density at radius 1 is 1.35 bits per heavy atom. The average molecular weight is 270 g/mol. The normalized spacial score (nSPS) is 19.6. The number of ether oxygens (including phenoxy) is 2. The summed E-state index contributed by atoms with van der Waals surface area (Å²) in [7, 11) is -4.83.